The van der Waals surface area contributed by atoms with Gasteiger partial charge in [-0.3, -0.25) is 10.1 Å². The van der Waals surface area contributed by atoms with Gasteiger partial charge in [0.2, 0.25) is 0 Å². The van der Waals surface area contributed by atoms with E-state index in [1.54, 1.807) is 6.07 Å². The van der Waals surface area contributed by atoms with Gasteiger partial charge >= 0.3 is 0 Å². The second kappa shape index (κ2) is 4.33. The molecule has 0 aliphatic rings. The molecule has 2 aromatic rings. The molecule has 0 saturated heterocycles. The number of para-hydroxylation sites is 1. The number of halogens is 1. The van der Waals surface area contributed by atoms with E-state index in [1.807, 2.05) is 12.1 Å². The Morgan fingerprint density at radius 1 is 1.33 bits per heavy atom. The lowest BCUT2D eigenvalue weighted by Crippen LogP contribution is -2.38. The maximum Gasteiger partial charge on any atom is 0.295 e. The summed E-state index contributed by atoms with van der Waals surface area (Å²) in [7, 11) is -1.63. The van der Waals surface area contributed by atoms with E-state index in [0.29, 0.717) is 10.7 Å². The summed E-state index contributed by atoms with van der Waals surface area (Å²) < 4.78 is 0. The normalized spacial score (nSPS) is 11.8. The van der Waals surface area contributed by atoms with Crippen molar-refractivity contribution in [3.63, 3.8) is 0 Å². The van der Waals surface area contributed by atoms with Crippen LogP contribution in [0.4, 0.5) is 5.69 Å². The van der Waals surface area contributed by atoms with Crippen LogP contribution in [0, 0.1) is 10.1 Å². The van der Waals surface area contributed by atoms with Gasteiger partial charge in [0.1, 0.15) is 10.7 Å². The van der Waals surface area contributed by atoms with Crippen LogP contribution in [-0.2, 0) is 0 Å². The topological polar surface area (TPSA) is 56.0 Å². The zero-order valence-electron chi connectivity index (χ0n) is 10.4. The predicted molar refractivity (Wildman–Crippen MR) is 76.4 cm³/mol. The molecule has 0 aliphatic carbocycles. The van der Waals surface area contributed by atoms with E-state index < -0.39 is 13.0 Å². The number of nitrogens with zero attached hydrogens (tertiary/aromatic N) is 2. The van der Waals surface area contributed by atoms with Crippen molar-refractivity contribution in [3.05, 3.63) is 39.5 Å². The molecule has 1 heterocycles. The number of benzene rings is 1. The van der Waals surface area contributed by atoms with Crippen molar-refractivity contribution in [2.75, 3.05) is 0 Å². The third-order valence-corrected chi connectivity index (χ3v) is 5.01. The van der Waals surface area contributed by atoms with Gasteiger partial charge in [-0.15, -0.1) is 0 Å². The fourth-order valence-electron chi connectivity index (χ4n) is 1.97. The highest BCUT2D eigenvalue weighted by atomic mass is 35.5. The van der Waals surface area contributed by atoms with Crippen LogP contribution in [0.5, 0.6) is 0 Å². The molecule has 1 aromatic carbocycles. The summed E-state index contributed by atoms with van der Waals surface area (Å²) in [5.74, 6) is 0. The van der Waals surface area contributed by atoms with E-state index in [1.165, 1.54) is 6.07 Å². The summed E-state index contributed by atoms with van der Waals surface area (Å²) in [6.45, 7) is 6.53. The highest BCUT2D eigenvalue weighted by molar-refractivity contribution is 6.90. The standard InChI is InChI=1S/C12H13ClN2O2Si/c1-18(2,3)10-7-11(13)14-12-8(10)5-4-6-9(12)15(16)17/h4-7H,1-3H3. The number of rotatable bonds is 2. The lowest BCUT2D eigenvalue weighted by molar-refractivity contribution is -0.383. The van der Waals surface area contributed by atoms with Gasteiger partial charge in [0.05, 0.1) is 13.0 Å². The smallest absolute Gasteiger partial charge is 0.258 e. The highest BCUT2D eigenvalue weighted by Crippen LogP contribution is 2.25. The molecular weight excluding hydrogens is 268 g/mol. The first kappa shape index (κ1) is 13.0. The molecule has 0 bridgehead atoms. The van der Waals surface area contributed by atoms with E-state index >= 15 is 0 Å². The molecule has 2 rings (SSSR count). The molecule has 0 fully saturated rings. The number of aromatic nitrogens is 1. The van der Waals surface area contributed by atoms with Crippen molar-refractivity contribution < 1.29 is 4.92 Å². The maximum absolute atomic E-state index is 11.0. The van der Waals surface area contributed by atoms with Crippen LogP contribution in [0.3, 0.4) is 0 Å². The molecule has 0 N–H and O–H groups in total. The third-order valence-electron chi connectivity index (χ3n) is 2.79. The lowest BCUT2D eigenvalue weighted by Gasteiger charge is -2.19. The number of hydrogen-bond donors (Lipinski definition) is 0. The molecule has 6 heteroatoms. The first-order valence-electron chi connectivity index (χ1n) is 5.55. The third kappa shape index (κ3) is 2.23. The van der Waals surface area contributed by atoms with E-state index in [9.17, 15) is 10.1 Å². The van der Waals surface area contributed by atoms with Crippen LogP contribution >= 0.6 is 11.6 Å². The Hall–Kier alpha value is -1.46. The number of pyridine rings is 1. The molecule has 0 radical (unpaired) electrons. The molecule has 0 amide bonds. The van der Waals surface area contributed by atoms with E-state index in [-0.39, 0.29) is 5.69 Å². The number of nitro benzene ring substituents is 1. The van der Waals surface area contributed by atoms with Crippen LogP contribution in [0.15, 0.2) is 24.3 Å². The first-order valence-corrected chi connectivity index (χ1v) is 9.42. The average Bonchev–Trinajstić information content (AvgIpc) is 2.25. The van der Waals surface area contributed by atoms with Crippen molar-refractivity contribution in [2.45, 2.75) is 19.6 Å². The van der Waals surface area contributed by atoms with Crippen molar-refractivity contribution in [1.82, 2.24) is 4.98 Å². The number of fused-ring (bicyclic) bond motifs is 1. The minimum atomic E-state index is -1.63. The Morgan fingerprint density at radius 3 is 2.56 bits per heavy atom. The molecule has 0 aliphatic heterocycles. The summed E-state index contributed by atoms with van der Waals surface area (Å²) in [4.78, 5) is 14.7. The fraction of sp³-hybridized carbons (Fsp3) is 0.250. The van der Waals surface area contributed by atoms with Gasteiger partial charge < -0.3 is 0 Å². The van der Waals surface area contributed by atoms with Crippen LogP contribution in [0.1, 0.15) is 0 Å². The van der Waals surface area contributed by atoms with Crippen molar-refractivity contribution >= 4 is 41.5 Å². The van der Waals surface area contributed by atoms with Gasteiger partial charge in [-0.2, -0.15) is 0 Å². The molecule has 0 spiro atoms. The molecular formula is C12H13ClN2O2Si. The van der Waals surface area contributed by atoms with Crippen molar-refractivity contribution in [1.29, 1.82) is 0 Å². The van der Waals surface area contributed by atoms with Gasteiger partial charge in [-0.25, -0.2) is 4.98 Å². The Bertz CT molecular complexity index is 638. The predicted octanol–water partition coefficient (Wildman–Crippen LogP) is 3.34. The Labute approximate surface area is 111 Å². The zero-order chi connectivity index (χ0) is 13.5. The maximum atomic E-state index is 11.0. The summed E-state index contributed by atoms with van der Waals surface area (Å²) in [5, 5.41) is 13.3. The van der Waals surface area contributed by atoms with Crippen LogP contribution in [0.25, 0.3) is 10.9 Å². The monoisotopic (exact) mass is 280 g/mol. The molecule has 94 valence electrons. The molecule has 0 unspecified atom stereocenters. The number of hydrogen-bond acceptors (Lipinski definition) is 3. The minimum absolute atomic E-state index is 0.00880. The Kier molecular flexibility index (Phi) is 3.12. The van der Waals surface area contributed by atoms with E-state index in [0.717, 1.165) is 10.6 Å². The molecule has 0 atom stereocenters. The SMILES string of the molecule is C[Si](C)(C)c1cc(Cl)nc2c([N+](=O)[O-])cccc12. The molecule has 4 nitrogen and oxygen atoms in total. The van der Waals surface area contributed by atoms with E-state index in [4.69, 9.17) is 11.6 Å². The van der Waals surface area contributed by atoms with Crippen LogP contribution in [-0.4, -0.2) is 18.0 Å². The highest BCUT2D eigenvalue weighted by Gasteiger charge is 2.23. The first-order chi connectivity index (χ1) is 8.30. The Morgan fingerprint density at radius 2 is 2.00 bits per heavy atom. The van der Waals surface area contributed by atoms with Gasteiger partial charge in [0.25, 0.3) is 5.69 Å². The fourth-order valence-corrected chi connectivity index (χ4v) is 3.83. The van der Waals surface area contributed by atoms with Crippen molar-refractivity contribution in [3.8, 4) is 0 Å². The summed E-state index contributed by atoms with van der Waals surface area (Å²) >= 11 is 6.00. The number of nitro groups is 1. The van der Waals surface area contributed by atoms with Crippen LogP contribution < -0.4 is 5.19 Å². The summed E-state index contributed by atoms with van der Waals surface area (Å²) in [6, 6.07) is 6.86. The van der Waals surface area contributed by atoms with Gasteiger partial charge in [-0.05, 0) is 11.3 Å². The van der Waals surface area contributed by atoms with Crippen molar-refractivity contribution in [2.24, 2.45) is 0 Å². The molecule has 1 aromatic heterocycles. The molecule has 0 saturated carbocycles. The van der Waals surface area contributed by atoms with Gasteiger partial charge in [0.15, 0.2) is 0 Å². The largest absolute Gasteiger partial charge is 0.295 e. The van der Waals surface area contributed by atoms with Gasteiger partial charge in [0, 0.05) is 11.5 Å². The minimum Gasteiger partial charge on any atom is -0.258 e. The summed E-state index contributed by atoms with van der Waals surface area (Å²) in [5.41, 5.74) is 0.391. The number of non-ortho nitro benzene ring substituents is 1. The van der Waals surface area contributed by atoms with Gasteiger partial charge in [-0.1, -0.05) is 43.4 Å². The summed E-state index contributed by atoms with van der Waals surface area (Å²) in [6.07, 6.45) is 0. The molecule has 18 heavy (non-hydrogen) atoms. The van der Waals surface area contributed by atoms with Crippen LogP contribution in [0.2, 0.25) is 24.8 Å². The Balaban J connectivity index is 2.91. The van der Waals surface area contributed by atoms with E-state index in [2.05, 4.69) is 24.6 Å². The zero-order valence-corrected chi connectivity index (χ0v) is 12.2. The second-order valence-electron chi connectivity index (χ2n) is 5.17. The second-order valence-corrected chi connectivity index (χ2v) is 10.6. The quantitative estimate of drug-likeness (QED) is 0.367. The average molecular weight is 281 g/mol. The lowest BCUT2D eigenvalue weighted by atomic mass is 10.2.